The van der Waals surface area contributed by atoms with Crippen molar-refractivity contribution in [2.75, 3.05) is 25.0 Å². The Labute approximate surface area is 239 Å². The third-order valence-electron chi connectivity index (χ3n) is 6.54. The Balaban J connectivity index is 1.38. The number of hydrogen-bond acceptors (Lipinski definition) is 6. The molecule has 2 N–H and O–H groups in total. The number of amides is 1. The first-order chi connectivity index (χ1) is 19.1. The minimum atomic E-state index is -4.47. The zero-order valence-corrected chi connectivity index (χ0v) is 23.6. The van der Waals surface area contributed by atoms with E-state index >= 15 is 0 Å². The Morgan fingerprint density at radius 2 is 1.90 bits per heavy atom. The Bertz CT molecular complexity index is 1370. The smallest absolute Gasteiger partial charge is 0.416 e. The van der Waals surface area contributed by atoms with Crippen molar-refractivity contribution in [1.29, 1.82) is 0 Å². The molecule has 7 nitrogen and oxygen atoms in total. The SMILES string of the molecule is CCOC(=O)C(C)NC(=S)N1CCC(c2nc(C(=O)Nc3ccccc3-c3cccc(C(F)(F)F)c3)cs2)CC1. The van der Waals surface area contributed by atoms with Crippen LogP contribution in [-0.2, 0) is 15.7 Å². The van der Waals surface area contributed by atoms with Gasteiger partial charge in [-0.3, -0.25) is 4.79 Å². The molecule has 1 amide bonds. The van der Waals surface area contributed by atoms with E-state index < -0.39 is 23.7 Å². The summed E-state index contributed by atoms with van der Waals surface area (Å²) in [6.07, 6.45) is -2.91. The Morgan fingerprint density at radius 3 is 2.60 bits per heavy atom. The van der Waals surface area contributed by atoms with Crippen molar-refractivity contribution in [3.05, 3.63) is 70.2 Å². The first kappa shape index (κ1) is 29.5. The molecule has 0 aliphatic carbocycles. The lowest BCUT2D eigenvalue weighted by molar-refractivity contribution is -0.144. The Kier molecular flexibility index (Phi) is 9.41. The summed E-state index contributed by atoms with van der Waals surface area (Å²) in [5.74, 6) is -0.631. The van der Waals surface area contributed by atoms with Crippen molar-refractivity contribution in [3.8, 4) is 11.1 Å². The number of halogens is 3. The molecule has 4 rings (SSSR count). The summed E-state index contributed by atoms with van der Waals surface area (Å²) in [5.41, 5.74) is 0.716. The lowest BCUT2D eigenvalue weighted by Crippen LogP contribution is -2.49. The molecule has 0 bridgehead atoms. The van der Waals surface area contributed by atoms with E-state index in [1.54, 1.807) is 49.6 Å². The van der Waals surface area contributed by atoms with Gasteiger partial charge in [-0.05, 0) is 62.7 Å². The van der Waals surface area contributed by atoms with E-state index in [9.17, 15) is 22.8 Å². The van der Waals surface area contributed by atoms with Crippen LogP contribution in [0.4, 0.5) is 18.9 Å². The highest BCUT2D eigenvalue weighted by molar-refractivity contribution is 7.80. The van der Waals surface area contributed by atoms with Crippen LogP contribution in [0.15, 0.2) is 53.9 Å². The standard InChI is InChI=1S/C28H29F3N4O3S2/c1-3-38-26(37)17(2)32-27(39)35-13-11-18(12-14-35)25-34-23(16-40-25)24(36)33-22-10-5-4-9-21(22)19-7-6-8-20(15-19)28(29,30)31/h4-10,15-18H,3,11-14H2,1-2H3,(H,32,39)(H,33,36). The second-order valence-corrected chi connectivity index (χ2v) is 10.6. The minimum Gasteiger partial charge on any atom is -0.464 e. The van der Waals surface area contributed by atoms with Gasteiger partial charge in [-0.1, -0.05) is 30.3 Å². The third kappa shape index (κ3) is 7.16. The number of para-hydroxylation sites is 1. The summed E-state index contributed by atoms with van der Waals surface area (Å²) >= 11 is 6.87. The van der Waals surface area contributed by atoms with Crippen LogP contribution in [-0.4, -0.2) is 52.6 Å². The van der Waals surface area contributed by atoms with Crippen LogP contribution in [0, 0.1) is 0 Å². The van der Waals surface area contributed by atoms with Gasteiger partial charge in [0.15, 0.2) is 5.11 Å². The molecule has 0 saturated carbocycles. The number of rotatable bonds is 7. The molecule has 212 valence electrons. The summed E-state index contributed by atoms with van der Waals surface area (Å²) in [6.45, 7) is 5.12. The van der Waals surface area contributed by atoms with Gasteiger partial charge in [0.05, 0.1) is 17.2 Å². The van der Waals surface area contributed by atoms with E-state index in [4.69, 9.17) is 17.0 Å². The summed E-state index contributed by atoms with van der Waals surface area (Å²) in [6, 6.07) is 11.2. The molecule has 3 aromatic rings. The average molecular weight is 591 g/mol. The quantitative estimate of drug-likeness (QED) is 0.255. The third-order valence-corrected chi connectivity index (χ3v) is 7.93. The van der Waals surface area contributed by atoms with E-state index in [1.807, 2.05) is 4.90 Å². The van der Waals surface area contributed by atoms with Crippen molar-refractivity contribution >= 4 is 46.2 Å². The Hall–Kier alpha value is -3.51. The fourth-order valence-electron chi connectivity index (χ4n) is 4.40. The summed E-state index contributed by atoms with van der Waals surface area (Å²) < 4.78 is 44.7. The molecule has 40 heavy (non-hydrogen) atoms. The summed E-state index contributed by atoms with van der Waals surface area (Å²) in [7, 11) is 0. The van der Waals surface area contributed by atoms with Crippen LogP contribution in [0.3, 0.4) is 0 Å². The molecule has 1 fully saturated rings. The predicted octanol–water partition coefficient (Wildman–Crippen LogP) is 6.09. The molecule has 1 saturated heterocycles. The highest BCUT2D eigenvalue weighted by Crippen LogP contribution is 2.35. The number of alkyl halides is 3. The second kappa shape index (κ2) is 12.8. The van der Waals surface area contributed by atoms with Gasteiger partial charge in [0.2, 0.25) is 0 Å². The topological polar surface area (TPSA) is 83.6 Å². The number of esters is 1. The maximum atomic E-state index is 13.2. The van der Waals surface area contributed by atoms with Gasteiger partial charge in [0.25, 0.3) is 5.91 Å². The first-order valence-electron chi connectivity index (χ1n) is 12.8. The van der Waals surface area contributed by atoms with Crippen molar-refractivity contribution < 1.29 is 27.5 Å². The number of benzene rings is 2. The predicted molar refractivity (Wildman–Crippen MR) is 152 cm³/mol. The van der Waals surface area contributed by atoms with Crippen LogP contribution in [0.25, 0.3) is 11.1 Å². The number of thiocarbonyl (C=S) groups is 1. The summed E-state index contributed by atoms with van der Waals surface area (Å²) in [4.78, 5) is 31.5. The highest BCUT2D eigenvalue weighted by Gasteiger charge is 2.31. The fourth-order valence-corrected chi connectivity index (χ4v) is 5.74. The number of piperidine rings is 1. The zero-order chi connectivity index (χ0) is 28.9. The van der Waals surface area contributed by atoms with Crippen molar-refractivity contribution in [2.45, 2.75) is 44.8 Å². The van der Waals surface area contributed by atoms with Gasteiger partial charge in [-0.2, -0.15) is 13.2 Å². The molecule has 12 heteroatoms. The molecule has 0 radical (unpaired) electrons. The molecular formula is C28H29F3N4O3S2. The number of likely N-dealkylation sites (tertiary alicyclic amines) is 1. The van der Waals surface area contributed by atoms with Crippen LogP contribution < -0.4 is 10.6 Å². The number of nitrogens with one attached hydrogen (secondary N) is 2. The molecule has 2 aromatic carbocycles. The van der Waals surface area contributed by atoms with E-state index in [0.717, 1.165) is 30.0 Å². The number of aromatic nitrogens is 1. The summed E-state index contributed by atoms with van der Waals surface area (Å²) in [5, 5.41) is 8.86. The largest absolute Gasteiger partial charge is 0.464 e. The molecular weight excluding hydrogens is 561 g/mol. The van der Waals surface area contributed by atoms with Crippen LogP contribution in [0.2, 0.25) is 0 Å². The number of carbonyl (C=O) groups excluding carboxylic acids is 2. The van der Waals surface area contributed by atoms with E-state index in [1.165, 1.54) is 17.4 Å². The fraction of sp³-hybridized carbons (Fsp3) is 0.357. The Morgan fingerprint density at radius 1 is 1.18 bits per heavy atom. The van der Waals surface area contributed by atoms with Gasteiger partial charge < -0.3 is 20.3 Å². The normalized spacial score (nSPS) is 14.9. The number of thiazole rings is 1. The van der Waals surface area contributed by atoms with Gasteiger partial charge >= 0.3 is 12.1 Å². The maximum absolute atomic E-state index is 13.2. The van der Waals surface area contributed by atoms with Crippen molar-refractivity contribution in [3.63, 3.8) is 0 Å². The molecule has 2 heterocycles. The number of ether oxygens (including phenoxy) is 1. The molecule has 1 aromatic heterocycles. The number of nitrogens with zero attached hydrogens (tertiary/aromatic N) is 2. The number of hydrogen-bond donors (Lipinski definition) is 2. The van der Waals surface area contributed by atoms with Crippen LogP contribution in [0.1, 0.15) is 53.7 Å². The van der Waals surface area contributed by atoms with Crippen molar-refractivity contribution in [1.82, 2.24) is 15.2 Å². The lowest BCUT2D eigenvalue weighted by Gasteiger charge is -2.33. The molecule has 0 spiro atoms. The van der Waals surface area contributed by atoms with Gasteiger partial charge in [-0.15, -0.1) is 11.3 Å². The van der Waals surface area contributed by atoms with Gasteiger partial charge in [0.1, 0.15) is 11.7 Å². The molecule has 1 unspecified atom stereocenters. The lowest BCUT2D eigenvalue weighted by atomic mass is 9.98. The second-order valence-electron chi connectivity index (χ2n) is 9.33. The van der Waals surface area contributed by atoms with Crippen molar-refractivity contribution in [2.24, 2.45) is 0 Å². The van der Waals surface area contributed by atoms with E-state index in [2.05, 4.69) is 15.6 Å². The number of anilines is 1. The first-order valence-corrected chi connectivity index (χ1v) is 14.1. The molecule has 1 aliphatic rings. The maximum Gasteiger partial charge on any atom is 0.416 e. The van der Waals surface area contributed by atoms with Crippen LogP contribution >= 0.6 is 23.6 Å². The monoisotopic (exact) mass is 590 g/mol. The zero-order valence-electron chi connectivity index (χ0n) is 22.0. The van der Waals surface area contributed by atoms with Crippen LogP contribution in [0.5, 0.6) is 0 Å². The van der Waals surface area contributed by atoms with Gasteiger partial charge in [-0.25, -0.2) is 9.78 Å². The number of carbonyl (C=O) groups is 2. The average Bonchev–Trinajstić information content (AvgIpc) is 3.44. The van der Waals surface area contributed by atoms with E-state index in [0.29, 0.717) is 41.6 Å². The van der Waals surface area contributed by atoms with Gasteiger partial charge in [0, 0.05) is 35.6 Å². The molecule has 1 atom stereocenters. The minimum absolute atomic E-state index is 0.158. The highest BCUT2D eigenvalue weighted by atomic mass is 32.1. The van der Waals surface area contributed by atoms with E-state index in [-0.39, 0.29) is 17.6 Å². The molecule has 1 aliphatic heterocycles.